The lowest BCUT2D eigenvalue weighted by Crippen LogP contribution is -2.47. The first-order chi connectivity index (χ1) is 49.7. The summed E-state index contributed by atoms with van der Waals surface area (Å²) in [7, 11) is 3.41. The maximum atomic E-state index is 2.55. The number of aryl methyl sites for hydroxylation is 9. The van der Waals surface area contributed by atoms with Gasteiger partial charge in [-0.1, -0.05) is 279 Å². The van der Waals surface area contributed by atoms with Crippen LogP contribution in [0.15, 0.2) is 122 Å². The maximum absolute atomic E-state index is 2.55. The van der Waals surface area contributed by atoms with Gasteiger partial charge < -0.3 is 0 Å². The third-order valence-electron chi connectivity index (χ3n) is 23.8. The van der Waals surface area contributed by atoms with Gasteiger partial charge in [0.25, 0.3) is 0 Å². The minimum absolute atomic E-state index is 0.185. The van der Waals surface area contributed by atoms with Crippen LogP contribution >= 0.6 is 0 Å². The number of pyridine rings is 4. The number of rotatable bonds is 18. The monoisotopic (exact) mass is 1510 g/mol. The molecule has 0 radical (unpaired) electrons. The van der Waals surface area contributed by atoms with E-state index in [0.717, 1.165) is 30.6 Å². The van der Waals surface area contributed by atoms with Crippen LogP contribution in [0.2, 0.25) is 78.6 Å². The molecular weight excluding hydrogens is 1360 g/mol. The molecule has 0 amide bonds. The van der Waals surface area contributed by atoms with E-state index in [0.29, 0.717) is 11.8 Å². The summed E-state index contributed by atoms with van der Waals surface area (Å²) >= 11 is 0. The van der Waals surface area contributed by atoms with Crippen molar-refractivity contribution < 1.29 is 18.3 Å². The van der Waals surface area contributed by atoms with E-state index in [1.165, 1.54) is 191 Å². The molecule has 0 bridgehead atoms. The minimum Gasteiger partial charge on any atom is -0.201 e. The smallest absolute Gasteiger partial charge is 0.201 e. The van der Waals surface area contributed by atoms with Gasteiger partial charge in [0.2, 0.25) is 22.8 Å². The Morgan fingerprint density at radius 3 is 1.05 bits per heavy atom. The molecule has 107 heavy (non-hydrogen) atoms. The van der Waals surface area contributed by atoms with Gasteiger partial charge in [-0.05, 0) is 193 Å². The molecule has 0 N–H and O–H groups in total. The third-order valence-corrected chi connectivity index (χ3v) is 32.1. The molecule has 0 atom stereocenters. The van der Waals surface area contributed by atoms with E-state index in [-0.39, 0.29) is 10.8 Å². The van der Waals surface area contributed by atoms with Crippen molar-refractivity contribution in [2.24, 2.45) is 57.3 Å². The lowest BCUT2D eigenvalue weighted by molar-refractivity contribution is -0.659. The summed E-state index contributed by atoms with van der Waals surface area (Å²) in [6, 6.07) is 38.0. The molecule has 4 heterocycles. The van der Waals surface area contributed by atoms with Crippen molar-refractivity contribution in [1.29, 1.82) is 0 Å². The van der Waals surface area contributed by atoms with Crippen LogP contribution in [0, 0.1) is 63.7 Å². The molecule has 3 fully saturated rings. The molecule has 11 rings (SSSR count). The van der Waals surface area contributed by atoms with Crippen molar-refractivity contribution in [2.45, 2.75) is 303 Å². The molecule has 3 saturated carbocycles. The molecule has 4 aromatic heterocycles. The largest absolute Gasteiger partial charge is 0.212 e. The van der Waals surface area contributed by atoms with E-state index in [4.69, 9.17) is 0 Å². The van der Waals surface area contributed by atoms with Crippen molar-refractivity contribution in [3.8, 4) is 45.0 Å². The van der Waals surface area contributed by atoms with Crippen molar-refractivity contribution >= 4 is 53.0 Å². The van der Waals surface area contributed by atoms with Crippen LogP contribution in [0.25, 0.3) is 45.0 Å². The van der Waals surface area contributed by atoms with Crippen LogP contribution in [-0.4, -0.2) is 32.3 Å². The van der Waals surface area contributed by atoms with Gasteiger partial charge in [-0.15, -0.1) is 0 Å². The molecular formula is C99H152N4Si4+4. The summed E-state index contributed by atoms with van der Waals surface area (Å²) in [6.07, 6.45) is 33.0. The van der Waals surface area contributed by atoms with E-state index in [1.54, 1.807) is 37.4 Å². The Kier molecular flexibility index (Phi) is 29.1. The quantitative estimate of drug-likeness (QED) is 0.0601. The van der Waals surface area contributed by atoms with Gasteiger partial charge in [0, 0.05) is 67.3 Å². The van der Waals surface area contributed by atoms with E-state index < -0.39 is 32.3 Å². The third kappa shape index (κ3) is 23.7. The molecule has 580 valence electrons. The topological polar surface area (TPSA) is 15.5 Å². The highest BCUT2D eigenvalue weighted by atomic mass is 28.3. The summed E-state index contributed by atoms with van der Waals surface area (Å²) in [5.74, 6) is 3.94. The first-order valence-corrected chi connectivity index (χ1v) is 56.2. The van der Waals surface area contributed by atoms with Crippen molar-refractivity contribution in [3.63, 3.8) is 0 Å². The molecule has 0 saturated heterocycles. The van der Waals surface area contributed by atoms with Crippen molar-refractivity contribution in [1.82, 2.24) is 0 Å². The Morgan fingerprint density at radius 2 is 0.701 bits per heavy atom. The first-order valence-electron chi connectivity index (χ1n) is 42.2. The van der Waals surface area contributed by atoms with E-state index in [9.17, 15) is 0 Å². The van der Waals surface area contributed by atoms with Crippen LogP contribution < -0.4 is 39.0 Å². The minimum atomic E-state index is -1.40. The van der Waals surface area contributed by atoms with Crippen molar-refractivity contribution in [2.75, 3.05) is 0 Å². The van der Waals surface area contributed by atoms with Gasteiger partial charge in [-0.2, -0.15) is 0 Å². The Bertz CT molecular complexity index is 4330. The number of nitrogens with zero attached hydrogens (tertiary/aromatic N) is 4. The average molecular weight is 1510 g/mol. The predicted molar refractivity (Wildman–Crippen MR) is 479 cm³/mol. The summed E-state index contributed by atoms with van der Waals surface area (Å²) in [5, 5.41) is 6.54. The van der Waals surface area contributed by atoms with Crippen molar-refractivity contribution in [3.05, 3.63) is 189 Å². The van der Waals surface area contributed by atoms with Gasteiger partial charge in [-0.3, -0.25) is 0 Å². The van der Waals surface area contributed by atoms with Gasteiger partial charge in [0.15, 0.2) is 24.8 Å². The van der Waals surface area contributed by atoms with Crippen LogP contribution in [-0.2, 0) is 65.7 Å². The number of aromatic nitrogens is 4. The van der Waals surface area contributed by atoms with E-state index in [1.807, 2.05) is 0 Å². The molecule has 0 unspecified atom stereocenters. The Balaban J connectivity index is 0.000000180. The Labute approximate surface area is 660 Å². The highest BCUT2D eigenvalue weighted by Crippen LogP contribution is 2.36. The van der Waals surface area contributed by atoms with Crippen LogP contribution in [0.3, 0.4) is 0 Å². The lowest BCUT2D eigenvalue weighted by atomic mass is 9.84. The average Bonchev–Trinajstić information content (AvgIpc) is 1.06. The molecule has 0 aliphatic heterocycles. The number of hydrogen-bond donors (Lipinski definition) is 0. The zero-order chi connectivity index (χ0) is 79.2. The summed E-state index contributed by atoms with van der Waals surface area (Å²) < 4.78 is 9.50. The summed E-state index contributed by atoms with van der Waals surface area (Å²) in [4.78, 5) is 0. The highest BCUT2D eigenvalue weighted by molar-refractivity contribution is 6.90. The zero-order valence-corrected chi connectivity index (χ0v) is 78.2. The Morgan fingerprint density at radius 1 is 0.364 bits per heavy atom. The van der Waals surface area contributed by atoms with Crippen LogP contribution in [0.4, 0.5) is 0 Å². The maximum Gasteiger partial charge on any atom is 0.212 e. The fourth-order valence-electron chi connectivity index (χ4n) is 17.6. The first kappa shape index (κ1) is 86.9. The SMILES string of the molecule is Cc1cc(C(C)(C)C)ccc1-c1cc(CC(C)(C)C)c([Si](C)(C)C)c[n+]1C.Cc1ccc(C(C)C)cc1-c1cc(CC2CCCC2)c([Si](C)(C)C)c[n+]1C.Cc1ccc(C)c(-c2cc(CC3CCCC3)c([Si](C)(C)C)c[n+]2C)c1.Cc1ccc(CC(C)C)cc1-c1cc(CC2CCCC2)c([Si](C)(C)C)c[n+]1C. The standard InChI is InChI=1S/C26H40NSi.C25H38NSi.C25H40NSi.C23H34NSi/c1-19(2)14-22-13-12-20(3)24(16-22)25-17-23(15-21-10-8-9-11-21)26(18-27(25)4)28(5,6)7;1-18(2)21-13-12-19(3)23(15-21)24-16-22(14-20-10-8-9-11-20)25(17-26(24)4)27(5,6)7;1-18-14-20(25(5,6)7)12-13-21(18)22-15-19(16-24(2,3)4)23(17-26(22)8)27(9,10)11;1-17-11-12-18(2)21(13-17)22-15-20(14-19-9-7-8-10-19)23(16-24(22)3)25(4,5)6/h12-13,16-19,21H,8-11,14-15H2,1-7H3;12-13,15-18,20H,8-11,14H2,1-7H3;12-15,17H,16H2,1-11H3;11-13,15-16,19H,7-10,14H2,1-6H3/q4*+1. The van der Waals surface area contributed by atoms with E-state index in [2.05, 4.69) is 351 Å². The second kappa shape index (κ2) is 35.8. The van der Waals surface area contributed by atoms with Gasteiger partial charge in [-0.25, -0.2) is 18.3 Å². The number of benzene rings is 4. The highest BCUT2D eigenvalue weighted by Gasteiger charge is 2.34. The van der Waals surface area contributed by atoms with E-state index >= 15 is 0 Å². The predicted octanol–water partition coefficient (Wildman–Crippen LogP) is 22.8. The molecule has 4 nitrogen and oxygen atoms in total. The molecule has 0 spiro atoms. The van der Waals surface area contributed by atoms with Gasteiger partial charge in [0.1, 0.15) is 28.2 Å². The molecule has 3 aliphatic carbocycles. The van der Waals surface area contributed by atoms with Crippen LogP contribution in [0.1, 0.15) is 219 Å². The van der Waals surface area contributed by atoms with Gasteiger partial charge >= 0.3 is 0 Å². The molecule has 3 aliphatic rings. The second-order valence-corrected chi connectivity index (χ2v) is 61.4. The van der Waals surface area contributed by atoms with Gasteiger partial charge in [0.05, 0.1) is 32.3 Å². The Hall–Kier alpha value is -5.65. The fraction of sp³-hybridized carbons (Fsp3) is 0.556. The zero-order valence-electron chi connectivity index (χ0n) is 74.2. The van der Waals surface area contributed by atoms with Crippen LogP contribution in [0.5, 0.6) is 0 Å². The lowest BCUT2D eigenvalue weighted by Gasteiger charge is -2.25. The molecule has 8 aromatic rings. The normalized spacial score (nSPS) is 15.0. The summed E-state index contributed by atoms with van der Waals surface area (Å²) in [5.41, 5.74) is 29.0. The number of hydrogen-bond acceptors (Lipinski definition) is 0. The molecule has 4 aromatic carbocycles. The second-order valence-electron chi connectivity index (χ2n) is 41.2. The molecule has 8 heteroatoms. The summed E-state index contributed by atoms with van der Waals surface area (Å²) in [6.45, 7) is 64.0. The fourth-order valence-corrected chi connectivity index (χ4v) is 24.4.